The van der Waals surface area contributed by atoms with Gasteiger partial charge in [-0.3, -0.25) is 14.4 Å². The van der Waals surface area contributed by atoms with Crippen LogP contribution in [0.15, 0.2) is 18.3 Å². The Morgan fingerprint density at radius 3 is 2.53 bits per heavy atom. The molecule has 2 atom stereocenters. The first-order valence-corrected chi connectivity index (χ1v) is 11.2. The number of aliphatic carboxylic acids is 1. The molecule has 2 heterocycles. The van der Waals surface area contributed by atoms with E-state index in [-0.39, 0.29) is 11.8 Å². The van der Waals surface area contributed by atoms with E-state index in [0.717, 1.165) is 42.5 Å². The molecule has 0 radical (unpaired) electrons. The lowest BCUT2D eigenvalue weighted by Crippen LogP contribution is -2.36. The van der Waals surface area contributed by atoms with Crippen molar-refractivity contribution in [2.75, 3.05) is 10.6 Å². The summed E-state index contributed by atoms with van der Waals surface area (Å²) in [7, 11) is 0. The summed E-state index contributed by atoms with van der Waals surface area (Å²) in [6.45, 7) is 0. The summed E-state index contributed by atoms with van der Waals surface area (Å²) >= 11 is 7.22. The molecule has 0 spiro atoms. The Hall–Kier alpha value is -2.45. The predicted molar refractivity (Wildman–Crippen MR) is 115 cm³/mol. The number of pyridine rings is 1. The average Bonchev–Trinajstić information content (AvgIpc) is 3.30. The van der Waals surface area contributed by atoms with Gasteiger partial charge in [0.1, 0.15) is 10.2 Å². The standard InChI is InChI=1S/C21H22ClN3O4S/c22-16-9-8-11(10-23-16)24-19(27)17-14-6-3-7-15(14)30-20(17)25-18(26)12-4-1-2-5-13(12)21(28)29/h8-10,12-13H,1-7H2,(H,24,27)(H,25,26)(H,28,29). The fourth-order valence-corrected chi connectivity index (χ4v) is 5.72. The Labute approximate surface area is 182 Å². The first kappa shape index (κ1) is 20.8. The van der Waals surface area contributed by atoms with Crippen molar-refractivity contribution in [2.45, 2.75) is 44.9 Å². The van der Waals surface area contributed by atoms with Crippen molar-refractivity contribution in [1.29, 1.82) is 0 Å². The Morgan fingerprint density at radius 1 is 1.07 bits per heavy atom. The largest absolute Gasteiger partial charge is 0.481 e. The molecule has 2 amide bonds. The molecule has 2 unspecified atom stereocenters. The number of anilines is 2. The number of aromatic nitrogens is 1. The Kier molecular flexibility index (Phi) is 6.06. The zero-order valence-corrected chi connectivity index (χ0v) is 17.8. The van der Waals surface area contributed by atoms with Crippen LogP contribution in [0.4, 0.5) is 10.7 Å². The first-order valence-electron chi connectivity index (χ1n) is 10.0. The molecule has 2 aromatic rings. The number of fused-ring (bicyclic) bond motifs is 1. The molecule has 2 aliphatic carbocycles. The second kappa shape index (κ2) is 8.73. The number of carboxylic acid groups (broad SMARTS) is 1. The second-order valence-electron chi connectivity index (χ2n) is 7.71. The molecule has 0 saturated heterocycles. The summed E-state index contributed by atoms with van der Waals surface area (Å²) in [5, 5.41) is 16.0. The molecule has 7 nitrogen and oxygen atoms in total. The summed E-state index contributed by atoms with van der Waals surface area (Å²) in [6.07, 6.45) is 6.81. The number of carbonyl (C=O) groups is 3. The van der Waals surface area contributed by atoms with Crippen molar-refractivity contribution in [3.63, 3.8) is 0 Å². The van der Waals surface area contributed by atoms with Gasteiger partial charge in [0, 0.05) is 4.88 Å². The van der Waals surface area contributed by atoms with Gasteiger partial charge in [0.05, 0.1) is 29.3 Å². The van der Waals surface area contributed by atoms with Gasteiger partial charge in [-0.1, -0.05) is 24.4 Å². The highest BCUT2D eigenvalue weighted by Crippen LogP contribution is 2.40. The van der Waals surface area contributed by atoms with Crippen LogP contribution in [0, 0.1) is 11.8 Å². The molecule has 4 rings (SSSR count). The molecule has 9 heteroatoms. The summed E-state index contributed by atoms with van der Waals surface area (Å²) in [6, 6.07) is 3.25. The van der Waals surface area contributed by atoms with E-state index >= 15 is 0 Å². The van der Waals surface area contributed by atoms with Crippen LogP contribution in [0.2, 0.25) is 5.15 Å². The maximum Gasteiger partial charge on any atom is 0.307 e. The third-order valence-electron chi connectivity index (χ3n) is 5.79. The van der Waals surface area contributed by atoms with Gasteiger partial charge >= 0.3 is 5.97 Å². The van der Waals surface area contributed by atoms with E-state index in [9.17, 15) is 19.5 Å². The summed E-state index contributed by atoms with van der Waals surface area (Å²) < 4.78 is 0. The second-order valence-corrected chi connectivity index (χ2v) is 9.20. The van der Waals surface area contributed by atoms with Crippen molar-refractivity contribution >= 4 is 51.4 Å². The van der Waals surface area contributed by atoms with Crippen LogP contribution in [-0.4, -0.2) is 27.9 Å². The highest BCUT2D eigenvalue weighted by molar-refractivity contribution is 7.17. The lowest BCUT2D eigenvalue weighted by atomic mass is 9.79. The van der Waals surface area contributed by atoms with Gasteiger partial charge in [0.15, 0.2) is 0 Å². The van der Waals surface area contributed by atoms with Crippen molar-refractivity contribution in [3.05, 3.63) is 39.5 Å². The van der Waals surface area contributed by atoms with E-state index < -0.39 is 17.8 Å². The first-order chi connectivity index (χ1) is 14.4. The number of nitrogens with zero attached hydrogens (tertiary/aromatic N) is 1. The quantitative estimate of drug-likeness (QED) is 0.590. The third kappa shape index (κ3) is 4.20. The summed E-state index contributed by atoms with van der Waals surface area (Å²) in [5.41, 5.74) is 1.95. The topological polar surface area (TPSA) is 108 Å². The van der Waals surface area contributed by atoms with Gasteiger partial charge in [0.25, 0.3) is 5.91 Å². The molecule has 30 heavy (non-hydrogen) atoms. The lowest BCUT2D eigenvalue weighted by Gasteiger charge is -2.27. The molecule has 158 valence electrons. The molecule has 1 saturated carbocycles. The van der Waals surface area contributed by atoms with Crippen molar-refractivity contribution in [2.24, 2.45) is 11.8 Å². The molecule has 2 aliphatic rings. The molecular formula is C21H22ClN3O4S. The Balaban J connectivity index is 1.58. The highest BCUT2D eigenvalue weighted by Gasteiger charge is 2.37. The van der Waals surface area contributed by atoms with Crippen LogP contribution in [0.25, 0.3) is 0 Å². The van der Waals surface area contributed by atoms with Crippen LogP contribution in [0.1, 0.15) is 52.9 Å². The van der Waals surface area contributed by atoms with Crippen molar-refractivity contribution in [3.8, 4) is 0 Å². The van der Waals surface area contributed by atoms with Crippen molar-refractivity contribution < 1.29 is 19.5 Å². The number of halogens is 1. The monoisotopic (exact) mass is 447 g/mol. The average molecular weight is 448 g/mol. The number of amides is 2. The fourth-order valence-electron chi connectivity index (χ4n) is 4.32. The van der Waals surface area contributed by atoms with Crippen LogP contribution in [0.3, 0.4) is 0 Å². The maximum absolute atomic E-state index is 13.1. The summed E-state index contributed by atoms with van der Waals surface area (Å²) in [4.78, 5) is 42.7. The minimum Gasteiger partial charge on any atom is -0.481 e. The Morgan fingerprint density at radius 2 is 1.83 bits per heavy atom. The minimum absolute atomic E-state index is 0.313. The number of thiophene rings is 1. The van der Waals surface area contributed by atoms with E-state index in [4.69, 9.17) is 11.6 Å². The molecule has 0 aliphatic heterocycles. The molecule has 3 N–H and O–H groups in total. The van der Waals surface area contributed by atoms with Gasteiger partial charge in [-0.05, 0) is 49.8 Å². The smallest absolute Gasteiger partial charge is 0.307 e. The van der Waals surface area contributed by atoms with Crippen LogP contribution in [-0.2, 0) is 22.4 Å². The number of nitrogens with one attached hydrogen (secondary N) is 2. The number of rotatable bonds is 5. The number of carbonyl (C=O) groups excluding carboxylic acids is 2. The third-order valence-corrected chi connectivity index (χ3v) is 7.22. The minimum atomic E-state index is -0.934. The van der Waals surface area contributed by atoms with Crippen LogP contribution in [0.5, 0.6) is 0 Å². The van der Waals surface area contributed by atoms with Gasteiger partial charge in [-0.2, -0.15) is 0 Å². The highest BCUT2D eigenvalue weighted by atomic mass is 35.5. The summed E-state index contributed by atoms with van der Waals surface area (Å²) in [5.74, 6) is -2.82. The van der Waals surface area contributed by atoms with E-state index in [2.05, 4.69) is 15.6 Å². The number of carboxylic acids is 1. The Bertz CT molecular complexity index is 989. The number of hydrogen-bond acceptors (Lipinski definition) is 5. The van der Waals surface area contributed by atoms with Gasteiger partial charge < -0.3 is 15.7 Å². The lowest BCUT2D eigenvalue weighted by molar-refractivity contribution is -0.147. The molecule has 0 aromatic carbocycles. The van der Waals surface area contributed by atoms with Gasteiger partial charge in [-0.25, -0.2) is 4.98 Å². The number of aryl methyl sites for hydroxylation is 1. The van der Waals surface area contributed by atoms with Crippen molar-refractivity contribution in [1.82, 2.24) is 4.98 Å². The fraction of sp³-hybridized carbons (Fsp3) is 0.429. The van der Waals surface area contributed by atoms with Crippen LogP contribution < -0.4 is 10.6 Å². The zero-order valence-electron chi connectivity index (χ0n) is 16.2. The van der Waals surface area contributed by atoms with Gasteiger partial charge in [-0.15, -0.1) is 11.3 Å². The SMILES string of the molecule is O=C(Nc1ccc(Cl)nc1)c1c(NC(=O)C2CCCCC2C(=O)O)sc2c1CCC2. The normalized spacial score (nSPS) is 20.4. The zero-order chi connectivity index (χ0) is 21.3. The van der Waals surface area contributed by atoms with Gasteiger partial charge in [0.2, 0.25) is 5.91 Å². The van der Waals surface area contributed by atoms with E-state index in [0.29, 0.717) is 34.2 Å². The van der Waals surface area contributed by atoms with E-state index in [1.54, 1.807) is 12.1 Å². The number of hydrogen-bond donors (Lipinski definition) is 3. The predicted octanol–water partition coefficient (Wildman–Crippen LogP) is 4.37. The molecule has 2 aromatic heterocycles. The van der Waals surface area contributed by atoms with E-state index in [1.165, 1.54) is 17.5 Å². The molecule has 1 fully saturated rings. The molecular weight excluding hydrogens is 426 g/mol. The maximum atomic E-state index is 13.1. The van der Waals surface area contributed by atoms with E-state index in [1.807, 2.05) is 0 Å². The molecule has 0 bridgehead atoms. The van der Waals surface area contributed by atoms with Crippen LogP contribution >= 0.6 is 22.9 Å².